The van der Waals surface area contributed by atoms with Gasteiger partial charge in [-0.15, -0.1) is 0 Å². The third-order valence-electron chi connectivity index (χ3n) is 4.40. The van der Waals surface area contributed by atoms with Gasteiger partial charge in [-0.05, 0) is 17.9 Å². The molecule has 0 saturated carbocycles. The largest absolute Gasteiger partial charge is 0.306 e. The zero-order valence-corrected chi connectivity index (χ0v) is 12.8. The third kappa shape index (κ3) is 1.41. The highest BCUT2D eigenvalue weighted by atomic mass is 127. The zero-order valence-electron chi connectivity index (χ0n) is 10.7. The third-order valence-corrected chi connectivity index (χ3v) is 5.48. The van der Waals surface area contributed by atoms with E-state index in [0.717, 1.165) is 0 Å². The molecule has 0 radical (unpaired) electrons. The average molecular weight is 359 g/mol. The number of anilines is 1. The first kappa shape index (κ1) is 11.5. The van der Waals surface area contributed by atoms with Crippen molar-refractivity contribution in [3.8, 4) is 0 Å². The molecule has 94 valence electrons. The van der Waals surface area contributed by atoms with Gasteiger partial charge in [0, 0.05) is 10.8 Å². The Balaban J connectivity index is 2.09. The van der Waals surface area contributed by atoms with Gasteiger partial charge >= 0.3 is 0 Å². The maximum absolute atomic E-state index is 2.46. The van der Waals surface area contributed by atoms with E-state index in [1.54, 1.807) is 0 Å². The number of nitrogens with zero attached hydrogens (tertiary/aromatic N) is 1. The fourth-order valence-corrected chi connectivity index (χ4v) is 4.63. The van der Waals surface area contributed by atoms with Crippen LogP contribution in [0.2, 0.25) is 0 Å². The quantitative estimate of drug-likeness (QED) is 0.484. The van der Waals surface area contributed by atoms with Crippen LogP contribution in [-0.2, 0) is 5.41 Å². The van der Waals surface area contributed by atoms with Gasteiger partial charge in [-0.2, -0.15) is 0 Å². The van der Waals surface area contributed by atoms with Crippen molar-refractivity contribution in [1.29, 1.82) is 0 Å². The van der Waals surface area contributed by atoms with Crippen molar-refractivity contribution < 1.29 is 0 Å². The number of hydrogen-bond donors (Lipinski definition) is 0. The van der Waals surface area contributed by atoms with Gasteiger partial charge in [0.25, 0.3) is 0 Å². The standard InChI is InChI=1S/C17H14IN/c1-17-11-5-4-8-15(17)19(18)16-13-7-3-2-6-12(13)9-10-14(16)17/h2-11,15H,1H3. The Kier molecular flexibility index (Phi) is 2.34. The minimum atomic E-state index is 0.0926. The molecule has 0 fully saturated rings. The van der Waals surface area contributed by atoms with Gasteiger partial charge in [0.2, 0.25) is 0 Å². The predicted octanol–water partition coefficient (Wildman–Crippen LogP) is 4.76. The molecule has 4 rings (SSSR count). The molecule has 0 spiro atoms. The first-order valence-corrected chi connectivity index (χ1v) is 7.51. The van der Waals surface area contributed by atoms with E-state index in [9.17, 15) is 0 Å². The van der Waals surface area contributed by atoms with E-state index < -0.39 is 0 Å². The highest BCUT2D eigenvalue weighted by Gasteiger charge is 2.45. The Bertz CT molecular complexity index is 731. The van der Waals surface area contributed by atoms with Crippen LogP contribution in [0.15, 0.2) is 60.7 Å². The fraction of sp³-hybridized carbons (Fsp3) is 0.176. The van der Waals surface area contributed by atoms with Crippen LogP contribution in [0.25, 0.3) is 10.8 Å². The molecule has 0 bridgehead atoms. The van der Waals surface area contributed by atoms with E-state index in [1.165, 1.54) is 22.0 Å². The summed E-state index contributed by atoms with van der Waals surface area (Å²) in [7, 11) is 0. The summed E-state index contributed by atoms with van der Waals surface area (Å²) in [6, 6.07) is 13.6. The van der Waals surface area contributed by atoms with E-state index >= 15 is 0 Å². The average Bonchev–Trinajstić information content (AvgIpc) is 2.68. The molecule has 1 aliphatic heterocycles. The number of allylic oxidation sites excluding steroid dienone is 2. The van der Waals surface area contributed by atoms with Crippen LogP contribution in [0.5, 0.6) is 0 Å². The maximum Gasteiger partial charge on any atom is 0.0705 e. The molecule has 2 atom stereocenters. The Labute approximate surface area is 127 Å². The molecular weight excluding hydrogens is 345 g/mol. The van der Waals surface area contributed by atoms with E-state index in [2.05, 4.69) is 93.6 Å². The Morgan fingerprint density at radius 2 is 1.95 bits per heavy atom. The van der Waals surface area contributed by atoms with Crippen LogP contribution in [0.1, 0.15) is 12.5 Å². The van der Waals surface area contributed by atoms with Crippen LogP contribution < -0.4 is 3.11 Å². The molecule has 1 aliphatic carbocycles. The van der Waals surface area contributed by atoms with Gasteiger partial charge in [0.15, 0.2) is 0 Å². The monoisotopic (exact) mass is 359 g/mol. The highest BCUT2D eigenvalue weighted by Crippen LogP contribution is 2.52. The molecule has 2 aliphatic rings. The van der Waals surface area contributed by atoms with Gasteiger partial charge in [-0.25, -0.2) is 0 Å². The lowest BCUT2D eigenvalue weighted by Gasteiger charge is -2.31. The zero-order chi connectivity index (χ0) is 13.0. The smallest absolute Gasteiger partial charge is 0.0705 e. The van der Waals surface area contributed by atoms with Gasteiger partial charge in [0.1, 0.15) is 0 Å². The molecule has 19 heavy (non-hydrogen) atoms. The Hall–Kier alpha value is -1.29. The van der Waals surface area contributed by atoms with Crippen molar-refractivity contribution in [2.45, 2.75) is 18.4 Å². The predicted molar refractivity (Wildman–Crippen MR) is 89.9 cm³/mol. The molecular formula is C17H14IN. The number of benzene rings is 2. The van der Waals surface area contributed by atoms with Crippen LogP contribution in [0.4, 0.5) is 5.69 Å². The highest BCUT2D eigenvalue weighted by molar-refractivity contribution is 14.1. The van der Waals surface area contributed by atoms with Crippen molar-refractivity contribution in [2.75, 3.05) is 3.11 Å². The SMILES string of the molecule is CC12C=CC=CC1N(I)c1c2ccc2ccccc12. The lowest BCUT2D eigenvalue weighted by molar-refractivity contribution is 0.567. The summed E-state index contributed by atoms with van der Waals surface area (Å²) >= 11 is 2.46. The molecule has 0 saturated heterocycles. The van der Waals surface area contributed by atoms with E-state index in [1.807, 2.05) is 0 Å². The summed E-state index contributed by atoms with van der Waals surface area (Å²) < 4.78 is 2.40. The van der Waals surface area contributed by atoms with Crippen molar-refractivity contribution in [3.63, 3.8) is 0 Å². The fourth-order valence-electron chi connectivity index (χ4n) is 3.34. The normalized spacial score (nSPS) is 27.7. The maximum atomic E-state index is 2.46. The summed E-state index contributed by atoms with van der Waals surface area (Å²) in [5.74, 6) is 0. The lowest BCUT2D eigenvalue weighted by Crippen LogP contribution is -2.36. The van der Waals surface area contributed by atoms with Gasteiger partial charge < -0.3 is 3.11 Å². The second-order valence-electron chi connectivity index (χ2n) is 5.47. The molecule has 0 N–H and O–H groups in total. The summed E-state index contributed by atoms with van der Waals surface area (Å²) in [4.78, 5) is 0. The van der Waals surface area contributed by atoms with Gasteiger partial charge in [-0.3, -0.25) is 0 Å². The minimum Gasteiger partial charge on any atom is -0.306 e. The summed E-state index contributed by atoms with van der Waals surface area (Å²) in [6.45, 7) is 2.34. The Morgan fingerprint density at radius 1 is 1.11 bits per heavy atom. The molecule has 1 nitrogen and oxygen atoms in total. The summed E-state index contributed by atoms with van der Waals surface area (Å²) in [5.41, 5.74) is 2.91. The topological polar surface area (TPSA) is 3.24 Å². The molecule has 2 aromatic rings. The van der Waals surface area contributed by atoms with Crippen LogP contribution in [-0.4, -0.2) is 6.04 Å². The first-order valence-electron chi connectivity index (χ1n) is 6.55. The van der Waals surface area contributed by atoms with Crippen molar-refractivity contribution in [2.24, 2.45) is 0 Å². The van der Waals surface area contributed by atoms with E-state index in [0.29, 0.717) is 6.04 Å². The molecule has 0 aromatic heterocycles. The molecule has 2 unspecified atom stereocenters. The van der Waals surface area contributed by atoms with E-state index in [4.69, 9.17) is 0 Å². The Morgan fingerprint density at radius 3 is 2.84 bits per heavy atom. The van der Waals surface area contributed by atoms with Crippen LogP contribution in [0.3, 0.4) is 0 Å². The number of fused-ring (bicyclic) bond motifs is 5. The summed E-state index contributed by atoms with van der Waals surface area (Å²) in [6.07, 6.45) is 8.97. The molecule has 0 amide bonds. The number of rotatable bonds is 0. The second-order valence-corrected chi connectivity index (χ2v) is 6.51. The van der Waals surface area contributed by atoms with Crippen LogP contribution >= 0.6 is 22.9 Å². The van der Waals surface area contributed by atoms with E-state index in [-0.39, 0.29) is 5.41 Å². The molecule has 2 heteroatoms. The number of hydrogen-bond acceptors (Lipinski definition) is 1. The van der Waals surface area contributed by atoms with Crippen LogP contribution in [0, 0.1) is 0 Å². The first-order chi connectivity index (χ1) is 9.22. The van der Waals surface area contributed by atoms with Crippen molar-refractivity contribution >= 4 is 39.3 Å². The minimum absolute atomic E-state index is 0.0926. The van der Waals surface area contributed by atoms with Crippen molar-refractivity contribution in [1.82, 2.24) is 0 Å². The lowest BCUT2D eigenvalue weighted by atomic mass is 9.76. The van der Waals surface area contributed by atoms with Gasteiger partial charge in [0.05, 0.1) is 34.6 Å². The number of halogens is 1. The van der Waals surface area contributed by atoms with Gasteiger partial charge in [-0.1, -0.05) is 60.7 Å². The molecule has 2 aromatic carbocycles. The molecule has 1 heterocycles. The second kappa shape index (κ2) is 3.85. The van der Waals surface area contributed by atoms with Crippen molar-refractivity contribution in [3.05, 3.63) is 66.3 Å². The summed E-state index contributed by atoms with van der Waals surface area (Å²) in [5, 5.41) is 2.67.